The molecule has 0 amide bonds. The predicted molar refractivity (Wildman–Crippen MR) is 92.9 cm³/mol. The predicted octanol–water partition coefficient (Wildman–Crippen LogP) is 4.10. The Labute approximate surface area is 143 Å². The van der Waals surface area contributed by atoms with Crippen LogP contribution < -0.4 is 10.5 Å². The number of methoxy groups -OCH3 is 1. The fraction of sp³-hybridized carbons (Fsp3) is 0.278. The summed E-state index contributed by atoms with van der Waals surface area (Å²) in [5.41, 5.74) is 6.26. The molecule has 0 bridgehead atoms. The SMILES string of the molecule is COC(=O)C(C)(C)[C@@H](N)c1cccc(Oc2ccccc2)c1.Cl. The van der Waals surface area contributed by atoms with Gasteiger partial charge >= 0.3 is 5.97 Å². The maximum atomic E-state index is 11.9. The second kappa shape index (κ2) is 7.99. The first-order valence-electron chi connectivity index (χ1n) is 7.12. The van der Waals surface area contributed by atoms with Crippen LogP contribution in [0, 0.1) is 5.41 Å². The fourth-order valence-corrected chi connectivity index (χ4v) is 2.20. The van der Waals surface area contributed by atoms with Gasteiger partial charge in [0, 0.05) is 6.04 Å². The zero-order valence-corrected chi connectivity index (χ0v) is 14.3. The third-order valence-electron chi connectivity index (χ3n) is 3.69. The van der Waals surface area contributed by atoms with Crippen LogP contribution in [-0.4, -0.2) is 13.1 Å². The first-order valence-corrected chi connectivity index (χ1v) is 7.12. The molecule has 0 aromatic heterocycles. The zero-order chi connectivity index (χ0) is 16.2. The van der Waals surface area contributed by atoms with Gasteiger partial charge in [0.25, 0.3) is 0 Å². The molecule has 1 atom stereocenters. The number of carbonyl (C=O) groups excluding carboxylic acids is 1. The Bertz CT molecular complexity index is 644. The highest BCUT2D eigenvalue weighted by Crippen LogP contribution is 2.34. The summed E-state index contributed by atoms with van der Waals surface area (Å²) in [7, 11) is 1.37. The number of hydrogen-bond acceptors (Lipinski definition) is 4. The molecule has 23 heavy (non-hydrogen) atoms. The van der Waals surface area contributed by atoms with Gasteiger partial charge in [0.2, 0.25) is 0 Å². The first-order chi connectivity index (χ1) is 10.4. The van der Waals surface area contributed by atoms with E-state index in [2.05, 4.69) is 0 Å². The minimum atomic E-state index is -0.819. The molecule has 2 N–H and O–H groups in total. The Morgan fingerprint density at radius 3 is 2.26 bits per heavy atom. The van der Waals surface area contributed by atoms with E-state index >= 15 is 0 Å². The molecule has 0 spiro atoms. The fourth-order valence-electron chi connectivity index (χ4n) is 2.20. The monoisotopic (exact) mass is 335 g/mol. The van der Waals surface area contributed by atoms with Gasteiger partial charge in [-0.1, -0.05) is 30.3 Å². The van der Waals surface area contributed by atoms with Crippen molar-refractivity contribution < 1.29 is 14.3 Å². The molecule has 0 saturated heterocycles. The number of carbonyl (C=O) groups is 1. The lowest BCUT2D eigenvalue weighted by Crippen LogP contribution is -2.37. The molecule has 0 aliphatic rings. The van der Waals surface area contributed by atoms with Crippen molar-refractivity contribution in [3.05, 3.63) is 60.2 Å². The summed E-state index contributed by atoms with van der Waals surface area (Å²) in [6.45, 7) is 3.54. The molecule has 0 aliphatic heterocycles. The van der Waals surface area contributed by atoms with Gasteiger partial charge in [-0.3, -0.25) is 4.79 Å². The van der Waals surface area contributed by atoms with Crippen molar-refractivity contribution >= 4 is 18.4 Å². The molecular weight excluding hydrogens is 314 g/mol. The summed E-state index contributed by atoms with van der Waals surface area (Å²) in [5.74, 6) is 1.09. The highest BCUT2D eigenvalue weighted by Gasteiger charge is 2.36. The molecule has 0 unspecified atom stereocenters. The van der Waals surface area contributed by atoms with Crippen LogP contribution in [0.5, 0.6) is 11.5 Å². The Morgan fingerprint density at radius 2 is 1.65 bits per heavy atom. The first kappa shape index (κ1) is 19.0. The number of esters is 1. The van der Waals surface area contributed by atoms with Gasteiger partial charge in [-0.05, 0) is 43.7 Å². The van der Waals surface area contributed by atoms with Crippen LogP contribution in [0.4, 0.5) is 0 Å². The average molecular weight is 336 g/mol. The summed E-state index contributed by atoms with van der Waals surface area (Å²) in [4.78, 5) is 11.9. The van der Waals surface area contributed by atoms with Crippen molar-refractivity contribution in [1.29, 1.82) is 0 Å². The van der Waals surface area contributed by atoms with Crippen LogP contribution in [0.1, 0.15) is 25.5 Å². The molecular formula is C18H22ClNO3. The van der Waals surface area contributed by atoms with Gasteiger partial charge in [0.05, 0.1) is 12.5 Å². The number of benzene rings is 2. The third kappa shape index (κ3) is 4.47. The summed E-state index contributed by atoms with van der Waals surface area (Å²) in [6, 6.07) is 16.5. The molecule has 0 aliphatic carbocycles. The Kier molecular flexibility index (Phi) is 6.61. The van der Waals surface area contributed by atoms with E-state index in [1.807, 2.05) is 54.6 Å². The van der Waals surface area contributed by atoms with Crippen LogP contribution in [-0.2, 0) is 9.53 Å². The number of nitrogens with two attached hydrogens (primary N) is 1. The van der Waals surface area contributed by atoms with Crippen molar-refractivity contribution in [2.24, 2.45) is 11.1 Å². The van der Waals surface area contributed by atoms with E-state index in [-0.39, 0.29) is 18.4 Å². The molecule has 2 rings (SSSR count). The number of hydrogen-bond donors (Lipinski definition) is 1. The van der Waals surface area contributed by atoms with Crippen LogP contribution >= 0.6 is 12.4 Å². The Balaban J connectivity index is 0.00000264. The van der Waals surface area contributed by atoms with Gasteiger partial charge in [0.15, 0.2) is 0 Å². The number of para-hydroxylation sites is 1. The van der Waals surface area contributed by atoms with Crippen molar-refractivity contribution in [2.75, 3.05) is 7.11 Å². The van der Waals surface area contributed by atoms with Crippen molar-refractivity contribution in [1.82, 2.24) is 0 Å². The minimum absolute atomic E-state index is 0. The van der Waals surface area contributed by atoms with Crippen molar-refractivity contribution in [2.45, 2.75) is 19.9 Å². The largest absolute Gasteiger partial charge is 0.469 e. The molecule has 0 saturated carbocycles. The maximum absolute atomic E-state index is 11.9. The summed E-state index contributed by atoms with van der Waals surface area (Å²) in [5, 5.41) is 0. The topological polar surface area (TPSA) is 61.5 Å². The molecule has 2 aromatic carbocycles. The minimum Gasteiger partial charge on any atom is -0.469 e. The molecule has 124 valence electrons. The van der Waals surface area contributed by atoms with Crippen molar-refractivity contribution in [3.63, 3.8) is 0 Å². The maximum Gasteiger partial charge on any atom is 0.313 e. The summed E-state index contributed by atoms with van der Waals surface area (Å²) >= 11 is 0. The normalized spacial score (nSPS) is 12.0. The van der Waals surface area contributed by atoms with Gasteiger partial charge < -0.3 is 15.2 Å². The Hall–Kier alpha value is -2.04. The number of halogens is 1. The lowest BCUT2D eigenvalue weighted by atomic mass is 9.81. The average Bonchev–Trinajstić information content (AvgIpc) is 2.54. The van der Waals surface area contributed by atoms with Gasteiger partial charge in [-0.15, -0.1) is 12.4 Å². The number of rotatable bonds is 5. The standard InChI is InChI=1S/C18H21NO3.ClH/c1-18(2,17(20)21-3)16(19)13-8-7-11-15(12-13)22-14-9-5-4-6-10-14;/h4-12,16H,19H2,1-3H3;1H/t16-;/m0./s1. The summed E-state index contributed by atoms with van der Waals surface area (Å²) < 4.78 is 10.6. The van der Waals surface area contributed by atoms with Gasteiger partial charge in [-0.2, -0.15) is 0 Å². The third-order valence-corrected chi connectivity index (χ3v) is 3.69. The van der Waals surface area contributed by atoms with Crippen LogP contribution in [0.2, 0.25) is 0 Å². The number of ether oxygens (including phenoxy) is 2. The van der Waals surface area contributed by atoms with Crippen LogP contribution in [0.25, 0.3) is 0 Å². The molecule has 0 heterocycles. The quantitative estimate of drug-likeness (QED) is 0.836. The second-order valence-corrected chi connectivity index (χ2v) is 5.68. The smallest absolute Gasteiger partial charge is 0.313 e. The zero-order valence-electron chi connectivity index (χ0n) is 13.5. The van der Waals surface area contributed by atoms with E-state index in [0.29, 0.717) is 5.75 Å². The summed E-state index contributed by atoms with van der Waals surface area (Å²) in [6.07, 6.45) is 0. The van der Waals surface area contributed by atoms with Gasteiger partial charge in [0.1, 0.15) is 11.5 Å². The molecule has 4 nitrogen and oxygen atoms in total. The second-order valence-electron chi connectivity index (χ2n) is 5.68. The highest BCUT2D eigenvalue weighted by atomic mass is 35.5. The molecule has 0 radical (unpaired) electrons. The van der Waals surface area contributed by atoms with Crippen molar-refractivity contribution in [3.8, 4) is 11.5 Å². The van der Waals surface area contributed by atoms with E-state index < -0.39 is 11.5 Å². The van der Waals surface area contributed by atoms with E-state index in [9.17, 15) is 4.79 Å². The van der Waals surface area contributed by atoms with Gasteiger partial charge in [-0.25, -0.2) is 0 Å². The van der Waals surface area contributed by atoms with E-state index in [1.54, 1.807) is 13.8 Å². The lowest BCUT2D eigenvalue weighted by molar-refractivity contribution is -0.152. The Morgan fingerprint density at radius 1 is 1.04 bits per heavy atom. The highest BCUT2D eigenvalue weighted by molar-refractivity contribution is 5.85. The molecule has 0 fully saturated rings. The van der Waals surface area contributed by atoms with E-state index in [1.165, 1.54) is 7.11 Å². The molecule has 2 aromatic rings. The lowest BCUT2D eigenvalue weighted by Gasteiger charge is -2.29. The molecule has 5 heteroatoms. The van der Waals surface area contributed by atoms with Crippen LogP contribution in [0.3, 0.4) is 0 Å². The van der Waals surface area contributed by atoms with Crippen LogP contribution in [0.15, 0.2) is 54.6 Å². The van der Waals surface area contributed by atoms with E-state index in [4.69, 9.17) is 15.2 Å². The van der Waals surface area contributed by atoms with E-state index in [0.717, 1.165) is 11.3 Å².